The summed E-state index contributed by atoms with van der Waals surface area (Å²) in [6, 6.07) is 0. The van der Waals surface area contributed by atoms with Crippen molar-refractivity contribution in [1.82, 2.24) is 0 Å². The number of allylic oxidation sites excluding steroid dienone is 10. The molecule has 328 valence electrons. The van der Waals surface area contributed by atoms with Crippen molar-refractivity contribution in [2.45, 2.75) is 232 Å². The van der Waals surface area contributed by atoms with Crippen LogP contribution in [0.2, 0.25) is 0 Å². The molecule has 57 heavy (non-hydrogen) atoms. The van der Waals surface area contributed by atoms with Gasteiger partial charge < -0.3 is 14.2 Å². The van der Waals surface area contributed by atoms with Crippen molar-refractivity contribution in [1.29, 1.82) is 0 Å². The van der Waals surface area contributed by atoms with E-state index in [0.717, 1.165) is 103 Å². The molecular weight excluding hydrogens is 709 g/mol. The maximum atomic E-state index is 12.7. The van der Waals surface area contributed by atoms with Gasteiger partial charge in [0.15, 0.2) is 6.10 Å². The van der Waals surface area contributed by atoms with Crippen LogP contribution in [0.1, 0.15) is 226 Å². The predicted octanol–water partition coefficient (Wildman–Crippen LogP) is 15.3. The first-order chi connectivity index (χ1) is 28.0. The Morgan fingerprint density at radius 1 is 0.368 bits per heavy atom. The van der Waals surface area contributed by atoms with Crippen molar-refractivity contribution < 1.29 is 28.6 Å². The van der Waals surface area contributed by atoms with Crippen LogP contribution in [-0.4, -0.2) is 37.2 Å². The minimum Gasteiger partial charge on any atom is -0.462 e. The van der Waals surface area contributed by atoms with E-state index < -0.39 is 6.10 Å². The zero-order valence-corrected chi connectivity index (χ0v) is 37.3. The Morgan fingerprint density at radius 2 is 0.684 bits per heavy atom. The molecular formula is C51H88O6. The number of hydrogen-bond donors (Lipinski definition) is 0. The van der Waals surface area contributed by atoms with Gasteiger partial charge in [-0.25, -0.2) is 0 Å². The van der Waals surface area contributed by atoms with Crippen LogP contribution in [-0.2, 0) is 28.6 Å². The van der Waals surface area contributed by atoms with Crippen molar-refractivity contribution >= 4 is 17.9 Å². The molecule has 0 aromatic heterocycles. The van der Waals surface area contributed by atoms with E-state index in [1.807, 2.05) is 0 Å². The Morgan fingerprint density at radius 3 is 1.07 bits per heavy atom. The molecule has 0 aliphatic heterocycles. The fraction of sp³-hybridized carbons (Fsp3) is 0.745. The third-order valence-electron chi connectivity index (χ3n) is 10.0. The van der Waals surface area contributed by atoms with Crippen LogP contribution in [0.25, 0.3) is 0 Å². The fourth-order valence-electron chi connectivity index (χ4n) is 6.47. The first-order valence-electron chi connectivity index (χ1n) is 23.8. The number of unbranched alkanes of at least 4 members (excludes halogenated alkanes) is 21. The summed E-state index contributed by atoms with van der Waals surface area (Å²) in [4.78, 5) is 37.5. The summed E-state index contributed by atoms with van der Waals surface area (Å²) >= 11 is 0. The highest BCUT2D eigenvalue weighted by Crippen LogP contribution is 2.15. The highest BCUT2D eigenvalue weighted by atomic mass is 16.6. The van der Waals surface area contributed by atoms with Crippen molar-refractivity contribution in [2.24, 2.45) is 0 Å². The summed E-state index contributed by atoms with van der Waals surface area (Å²) in [7, 11) is 0. The number of ether oxygens (including phenoxy) is 3. The van der Waals surface area contributed by atoms with Crippen LogP contribution in [0.5, 0.6) is 0 Å². The molecule has 0 aliphatic carbocycles. The lowest BCUT2D eigenvalue weighted by atomic mass is 10.0. The van der Waals surface area contributed by atoms with Gasteiger partial charge in [0, 0.05) is 19.3 Å². The topological polar surface area (TPSA) is 78.9 Å². The van der Waals surface area contributed by atoms with Crippen molar-refractivity contribution in [3.63, 3.8) is 0 Å². The number of carbonyl (C=O) groups is 3. The van der Waals surface area contributed by atoms with Crippen molar-refractivity contribution in [3.05, 3.63) is 60.8 Å². The lowest BCUT2D eigenvalue weighted by Crippen LogP contribution is -2.30. The van der Waals surface area contributed by atoms with Gasteiger partial charge in [-0.15, -0.1) is 0 Å². The highest BCUT2D eigenvalue weighted by Gasteiger charge is 2.19. The minimum absolute atomic E-state index is 0.0844. The molecule has 6 heteroatoms. The molecule has 0 fully saturated rings. The normalized spacial score (nSPS) is 12.5. The van der Waals surface area contributed by atoms with Crippen LogP contribution in [0.3, 0.4) is 0 Å². The smallest absolute Gasteiger partial charge is 0.306 e. The molecule has 0 amide bonds. The zero-order chi connectivity index (χ0) is 41.5. The number of hydrogen-bond acceptors (Lipinski definition) is 6. The maximum Gasteiger partial charge on any atom is 0.306 e. The van der Waals surface area contributed by atoms with E-state index in [1.54, 1.807) is 0 Å². The first-order valence-corrected chi connectivity index (χ1v) is 23.8. The standard InChI is InChI=1S/C51H88O6/c1-4-7-10-13-15-17-19-21-23-24-25-26-28-29-31-33-35-38-41-44-50(53)56-47-48(46-55-49(52)43-40-37-12-9-6-3)57-51(54)45-42-39-36-34-32-30-27-22-20-18-16-14-11-8-5-2/h7,10,15,17,21,23,25-26,29,31,48H,4-6,8-9,11-14,16,18-20,22,24,27-28,30,32-47H2,1-3H3/b10-7-,17-15-,23-21-,26-25-,31-29-. The van der Waals surface area contributed by atoms with Crippen LogP contribution >= 0.6 is 0 Å². The summed E-state index contributed by atoms with van der Waals surface area (Å²) in [5.41, 5.74) is 0. The van der Waals surface area contributed by atoms with Gasteiger partial charge in [0.1, 0.15) is 13.2 Å². The zero-order valence-electron chi connectivity index (χ0n) is 37.3. The Balaban J connectivity index is 4.26. The second-order valence-corrected chi connectivity index (χ2v) is 15.6. The second-order valence-electron chi connectivity index (χ2n) is 15.6. The summed E-state index contributed by atoms with van der Waals surface area (Å²) in [5.74, 6) is -0.930. The van der Waals surface area contributed by atoms with Crippen LogP contribution in [0.15, 0.2) is 60.8 Å². The molecule has 0 saturated carbocycles. The van der Waals surface area contributed by atoms with Crippen LogP contribution in [0.4, 0.5) is 0 Å². The van der Waals surface area contributed by atoms with E-state index in [4.69, 9.17) is 14.2 Å². The molecule has 0 heterocycles. The van der Waals surface area contributed by atoms with E-state index in [-0.39, 0.29) is 31.1 Å². The second kappa shape index (κ2) is 45.8. The Labute approximate surface area is 351 Å². The quantitative estimate of drug-likeness (QED) is 0.0265. The molecule has 1 atom stereocenters. The van der Waals surface area contributed by atoms with Gasteiger partial charge in [-0.1, -0.05) is 204 Å². The lowest BCUT2D eigenvalue weighted by molar-refractivity contribution is -0.167. The molecule has 0 spiro atoms. The Bertz CT molecular complexity index is 1050. The summed E-state index contributed by atoms with van der Waals surface area (Å²) in [5, 5.41) is 0. The van der Waals surface area contributed by atoms with E-state index in [0.29, 0.717) is 19.3 Å². The van der Waals surface area contributed by atoms with Gasteiger partial charge in [0.25, 0.3) is 0 Å². The van der Waals surface area contributed by atoms with Crippen LogP contribution < -0.4 is 0 Å². The third kappa shape index (κ3) is 44.1. The largest absolute Gasteiger partial charge is 0.462 e. The number of carbonyl (C=O) groups excluding carboxylic acids is 3. The molecule has 0 bridgehead atoms. The van der Waals surface area contributed by atoms with Gasteiger partial charge >= 0.3 is 17.9 Å². The molecule has 0 radical (unpaired) electrons. The van der Waals surface area contributed by atoms with E-state index in [1.165, 1.54) is 83.5 Å². The SMILES string of the molecule is CC/C=C\C/C=C\C/C=C\C/C=C\C/C=C\CCCCCC(=O)OCC(COC(=O)CCCCCCC)OC(=O)CCCCCCCCCCCCCCCCC. The molecule has 0 N–H and O–H groups in total. The van der Waals surface area contributed by atoms with Gasteiger partial charge in [-0.2, -0.15) is 0 Å². The van der Waals surface area contributed by atoms with Gasteiger partial charge in [-0.3, -0.25) is 14.4 Å². The summed E-state index contributed by atoms with van der Waals surface area (Å²) in [6.45, 7) is 6.41. The minimum atomic E-state index is -0.780. The molecule has 6 nitrogen and oxygen atoms in total. The van der Waals surface area contributed by atoms with Crippen molar-refractivity contribution in [3.8, 4) is 0 Å². The van der Waals surface area contributed by atoms with E-state index in [2.05, 4.69) is 81.5 Å². The third-order valence-corrected chi connectivity index (χ3v) is 10.0. The monoisotopic (exact) mass is 797 g/mol. The molecule has 0 saturated heterocycles. The highest BCUT2D eigenvalue weighted by molar-refractivity contribution is 5.71. The lowest BCUT2D eigenvalue weighted by Gasteiger charge is -2.18. The van der Waals surface area contributed by atoms with Gasteiger partial charge in [0.05, 0.1) is 0 Å². The summed E-state index contributed by atoms with van der Waals surface area (Å²) in [6.07, 6.45) is 55.2. The first kappa shape index (κ1) is 54.1. The Kier molecular flexibility index (Phi) is 43.5. The average Bonchev–Trinajstić information content (AvgIpc) is 3.21. The molecule has 0 rings (SSSR count). The predicted molar refractivity (Wildman–Crippen MR) is 242 cm³/mol. The molecule has 1 unspecified atom stereocenters. The average molecular weight is 797 g/mol. The molecule has 0 aromatic rings. The van der Waals surface area contributed by atoms with Crippen molar-refractivity contribution in [2.75, 3.05) is 13.2 Å². The number of rotatable bonds is 42. The number of esters is 3. The van der Waals surface area contributed by atoms with E-state index >= 15 is 0 Å². The van der Waals surface area contributed by atoms with Gasteiger partial charge in [0.2, 0.25) is 0 Å². The van der Waals surface area contributed by atoms with E-state index in [9.17, 15) is 14.4 Å². The Hall–Kier alpha value is -2.89. The molecule has 0 aromatic carbocycles. The van der Waals surface area contributed by atoms with Gasteiger partial charge in [-0.05, 0) is 64.2 Å². The molecule has 0 aliphatic rings. The summed E-state index contributed by atoms with van der Waals surface area (Å²) < 4.78 is 16.6. The van der Waals surface area contributed by atoms with Crippen LogP contribution in [0, 0.1) is 0 Å². The maximum absolute atomic E-state index is 12.7. The fourth-order valence-corrected chi connectivity index (χ4v) is 6.47.